The molecule has 0 aromatic carbocycles. The first-order valence-corrected chi connectivity index (χ1v) is 10.4. The van der Waals surface area contributed by atoms with Gasteiger partial charge in [0.2, 0.25) is 0 Å². The molecule has 1 aliphatic rings. The molecule has 2 aromatic rings. The van der Waals surface area contributed by atoms with Gasteiger partial charge in [0.1, 0.15) is 16.1 Å². The van der Waals surface area contributed by atoms with E-state index in [1.807, 2.05) is 6.92 Å². The molecule has 1 atom stereocenters. The van der Waals surface area contributed by atoms with Crippen LogP contribution in [0, 0.1) is 6.92 Å². The molecular weight excluding hydrogens is 416 g/mol. The fraction of sp³-hybridized carbons (Fsp3) is 0.400. The third-order valence-electron chi connectivity index (χ3n) is 4.03. The number of aromatic nitrogens is 1. The summed E-state index contributed by atoms with van der Waals surface area (Å²) in [6.45, 7) is 2.52. The van der Waals surface area contributed by atoms with Crippen LogP contribution in [-0.2, 0) is 17.1 Å². The van der Waals surface area contributed by atoms with Crippen LogP contribution in [-0.4, -0.2) is 36.5 Å². The Morgan fingerprint density at radius 3 is 2.71 bits per heavy atom. The number of thiophene rings is 1. The van der Waals surface area contributed by atoms with Crippen LogP contribution >= 0.6 is 27.3 Å². The maximum atomic E-state index is 12.6. The van der Waals surface area contributed by atoms with E-state index in [0.717, 1.165) is 9.48 Å². The molecule has 0 N–H and O–H groups in total. The minimum absolute atomic E-state index is 0.143. The predicted molar refractivity (Wildman–Crippen MR) is 96.2 cm³/mol. The number of rotatable bonds is 4. The molecule has 0 aliphatic carbocycles. The number of sulfonamides is 1. The molecule has 1 fully saturated rings. The van der Waals surface area contributed by atoms with Crippen molar-refractivity contribution in [1.29, 1.82) is 0 Å². The van der Waals surface area contributed by atoms with E-state index in [9.17, 15) is 13.2 Å². The van der Waals surface area contributed by atoms with E-state index >= 15 is 0 Å². The van der Waals surface area contributed by atoms with Gasteiger partial charge in [-0.15, -0.1) is 11.3 Å². The van der Waals surface area contributed by atoms with Gasteiger partial charge in [0.05, 0.1) is 10.3 Å². The topological polar surface area (TPSA) is 68.6 Å². The molecule has 9 heteroatoms. The fourth-order valence-electron chi connectivity index (χ4n) is 2.57. The third-order valence-corrected chi connectivity index (χ3v) is 7.99. The molecule has 130 valence electrons. The van der Waals surface area contributed by atoms with Gasteiger partial charge in [-0.2, -0.15) is 4.31 Å². The molecule has 3 rings (SSSR count). The Morgan fingerprint density at radius 1 is 1.33 bits per heavy atom. The van der Waals surface area contributed by atoms with Crippen LogP contribution in [0.2, 0.25) is 0 Å². The Labute approximate surface area is 152 Å². The molecular formula is C15H17BrN2O4S2. The predicted octanol–water partition coefficient (Wildman–Crippen LogP) is 2.36. The molecule has 6 nitrogen and oxygen atoms in total. The zero-order chi connectivity index (χ0) is 17.5. The van der Waals surface area contributed by atoms with Gasteiger partial charge in [0.15, 0.2) is 0 Å². The second kappa shape index (κ2) is 6.62. The van der Waals surface area contributed by atoms with Gasteiger partial charge >= 0.3 is 0 Å². The molecule has 0 saturated carbocycles. The van der Waals surface area contributed by atoms with Crippen LogP contribution in [0.4, 0.5) is 0 Å². The lowest BCUT2D eigenvalue weighted by molar-refractivity contribution is 0.214. The number of aryl methyl sites for hydroxylation is 1. The van der Waals surface area contributed by atoms with Crippen molar-refractivity contribution in [2.24, 2.45) is 7.05 Å². The maximum Gasteiger partial charge on any atom is 0.254 e. The Morgan fingerprint density at radius 2 is 2.08 bits per heavy atom. The summed E-state index contributed by atoms with van der Waals surface area (Å²) < 4.78 is 35.1. The van der Waals surface area contributed by atoms with Crippen LogP contribution < -0.4 is 10.3 Å². The van der Waals surface area contributed by atoms with Crippen molar-refractivity contribution < 1.29 is 13.2 Å². The van der Waals surface area contributed by atoms with E-state index in [1.54, 1.807) is 25.2 Å². The van der Waals surface area contributed by atoms with Gasteiger partial charge in [-0.1, -0.05) is 0 Å². The van der Waals surface area contributed by atoms with E-state index in [-0.39, 0.29) is 18.2 Å². The highest BCUT2D eigenvalue weighted by atomic mass is 79.9. The standard InChI is InChI=1S/C15H17BrN2O4S2/c1-10-7-12(8-14(19)17(10)2)22-11-5-6-18(9-11)24(20,21)15-4-3-13(16)23-15/h3-4,7-8,11H,5-6,9H2,1-2H3. The van der Waals surface area contributed by atoms with Crippen LogP contribution in [0.15, 0.2) is 37.1 Å². The lowest BCUT2D eigenvalue weighted by Crippen LogP contribution is -2.30. The summed E-state index contributed by atoms with van der Waals surface area (Å²) in [6, 6.07) is 6.54. The van der Waals surface area contributed by atoms with Gasteiger partial charge < -0.3 is 9.30 Å². The van der Waals surface area contributed by atoms with Crippen LogP contribution in [0.5, 0.6) is 5.75 Å². The van der Waals surface area contributed by atoms with Crippen molar-refractivity contribution in [1.82, 2.24) is 8.87 Å². The monoisotopic (exact) mass is 432 g/mol. The average molecular weight is 433 g/mol. The first kappa shape index (κ1) is 17.7. The normalized spacial score (nSPS) is 18.9. The van der Waals surface area contributed by atoms with E-state index in [0.29, 0.717) is 22.9 Å². The average Bonchev–Trinajstić information content (AvgIpc) is 3.14. The quantitative estimate of drug-likeness (QED) is 0.743. The number of hydrogen-bond acceptors (Lipinski definition) is 5. The van der Waals surface area contributed by atoms with Gasteiger partial charge in [-0.25, -0.2) is 8.42 Å². The zero-order valence-electron chi connectivity index (χ0n) is 13.2. The van der Waals surface area contributed by atoms with Gasteiger partial charge in [-0.05, 0) is 47.5 Å². The summed E-state index contributed by atoms with van der Waals surface area (Å²) in [5.41, 5.74) is 0.652. The number of ether oxygens (including phenoxy) is 1. The van der Waals surface area contributed by atoms with Crippen molar-refractivity contribution in [3.05, 3.63) is 44.1 Å². The highest BCUT2D eigenvalue weighted by molar-refractivity contribution is 9.11. The van der Waals surface area contributed by atoms with Crippen LogP contribution in [0.25, 0.3) is 0 Å². The van der Waals surface area contributed by atoms with Crippen molar-refractivity contribution in [3.8, 4) is 5.75 Å². The number of hydrogen-bond donors (Lipinski definition) is 0. The van der Waals surface area contributed by atoms with E-state index < -0.39 is 10.0 Å². The lowest BCUT2D eigenvalue weighted by Gasteiger charge is -2.17. The number of nitrogens with zero attached hydrogens (tertiary/aromatic N) is 2. The van der Waals surface area contributed by atoms with Gasteiger partial charge in [0.25, 0.3) is 15.6 Å². The van der Waals surface area contributed by atoms with E-state index in [1.165, 1.54) is 26.3 Å². The Bertz CT molecular complexity index is 920. The molecule has 1 saturated heterocycles. The molecule has 1 unspecified atom stereocenters. The Hall–Kier alpha value is -1.16. The Balaban J connectivity index is 1.73. The second-order valence-electron chi connectivity index (χ2n) is 5.68. The summed E-state index contributed by atoms with van der Waals surface area (Å²) in [6.07, 6.45) is 0.342. The SMILES string of the molecule is Cc1cc(OC2CCN(S(=O)(=O)c3ccc(Br)s3)C2)cc(=O)n1C. The third kappa shape index (κ3) is 3.44. The largest absolute Gasteiger partial charge is 0.489 e. The summed E-state index contributed by atoms with van der Waals surface area (Å²) in [7, 11) is -1.79. The maximum absolute atomic E-state index is 12.6. The molecule has 0 amide bonds. The summed E-state index contributed by atoms with van der Waals surface area (Å²) >= 11 is 4.48. The molecule has 0 radical (unpaired) electrons. The number of halogens is 1. The lowest BCUT2D eigenvalue weighted by atomic mass is 10.3. The highest BCUT2D eigenvalue weighted by Crippen LogP contribution is 2.30. The first-order valence-electron chi connectivity index (χ1n) is 7.37. The molecule has 3 heterocycles. The van der Waals surface area contributed by atoms with Crippen molar-refractivity contribution in [2.75, 3.05) is 13.1 Å². The summed E-state index contributed by atoms with van der Waals surface area (Å²) in [5.74, 6) is 0.485. The number of pyridine rings is 1. The minimum atomic E-state index is -3.49. The fourth-order valence-corrected chi connectivity index (χ4v) is 6.22. The van der Waals surface area contributed by atoms with Gasteiger partial charge in [-0.3, -0.25) is 4.79 Å². The van der Waals surface area contributed by atoms with Crippen molar-refractivity contribution >= 4 is 37.3 Å². The first-order chi connectivity index (χ1) is 11.3. The van der Waals surface area contributed by atoms with Crippen LogP contribution in [0.1, 0.15) is 12.1 Å². The van der Waals surface area contributed by atoms with Gasteiger partial charge in [0, 0.05) is 25.4 Å². The molecule has 24 heavy (non-hydrogen) atoms. The van der Waals surface area contributed by atoms with Crippen molar-refractivity contribution in [3.63, 3.8) is 0 Å². The molecule has 1 aliphatic heterocycles. The minimum Gasteiger partial charge on any atom is -0.489 e. The second-order valence-corrected chi connectivity index (χ2v) is 10.3. The summed E-state index contributed by atoms with van der Waals surface area (Å²) in [5, 5.41) is 0. The molecule has 0 bridgehead atoms. The smallest absolute Gasteiger partial charge is 0.254 e. The zero-order valence-corrected chi connectivity index (χ0v) is 16.4. The molecule has 2 aromatic heterocycles. The van der Waals surface area contributed by atoms with Crippen molar-refractivity contribution in [2.45, 2.75) is 23.7 Å². The highest BCUT2D eigenvalue weighted by Gasteiger charge is 2.34. The van der Waals surface area contributed by atoms with E-state index in [2.05, 4.69) is 15.9 Å². The van der Waals surface area contributed by atoms with E-state index in [4.69, 9.17) is 4.74 Å². The molecule has 0 spiro atoms. The summed E-state index contributed by atoms with van der Waals surface area (Å²) in [4.78, 5) is 11.8. The Kier molecular flexibility index (Phi) is 4.87. The van der Waals surface area contributed by atoms with Crippen LogP contribution in [0.3, 0.4) is 0 Å².